The third kappa shape index (κ3) is 9.35. The summed E-state index contributed by atoms with van der Waals surface area (Å²) in [6, 6.07) is 44.8. The summed E-state index contributed by atoms with van der Waals surface area (Å²) in [5.41, 5.74) is 16.3. The maximum absolute atomic E-state index is 14.2. The molecule has 0 aliphatic rings. The molecule has 8 heteroatoms. The minimum absolute atomic E-state index is 0.163. The van der Waals surface area contributed by atoms with Crippen molar-refractivity contribution < 1.29 is 19.9 Å². The van der Waals surface area contributed by atoms with E-state index < -0.39 is 15.8 Å². The third-order valence-corrected chi connectivity index (χ3v) is 11.1. The van der Waals surface area contributed by atoms with Gasteiger partial charge in [0, 0.05) is 27.9 Å². The molecule has 0 fully saturated rings. The van der Waals surface area contributed by atoms with Gasteiger partial charge in [-0.2, -0.15) is 0 Å². The van der Waals surface area contributed by atoms with Crippen molar-refractivity contribution in [1.29, 1.82) is 0 Å². The van der Waals surface area contributed by atoms with Gasteiger partial charge in [-0.25, -0.2) is 0 Å². The summed E-state index contributed by atoms with van der Waals surface area (Å²) in [5.74, 6) is 0.191. The number of carbonyl (C=O) groups is 1. The quantitative estimate of drug-likeness (QED) is 0.0964. The molecule has 3 nitrogen and oxygen atoms in total. The Labute approximate surface area is 297 Å². The molecule has 0 heterocycles. The van der Waals surface area contributed by atoms with Crippen molar-refractivity contribution >= 4 is 73.2 Å². The predicted molar refractivity (Wildman–Crippen MR) is 209 cm³/mol. The summed E-state index contributed by atoms with van der Waals surface area (Å²) in [7, 11) is 8.14. The summed E-state index contributed by atoms with van der Waals surface area (Å²) in [6.45, 7) is 9.07. The van der Waals surface area contributed by atoms with Crippen molar-refractivity contribution in [3.05, 3.63) is 156 Å². The number of hydrogen-bond donors (Lipinski definition) is 2. The summed E-state index contributed by atoms with van der Waals surface area (Å²) in [6.07, 6.45) is 0. The molecule has 0 radical (unpaired) electrons. The summed E-state index contributed by atoms with van der Waals surface area (Å²) in [5, 5.41) is 6.89. The fraction of sp³-hybridized carbons (Fsp3) is 0.154. The Bertz CT molecular complexity index is 1770. The fourth-order valence-electron chi connectivity index (χ4n) is 5.76. The average Bonchev–Trinajstić information content (AvgIpc) is 3.11. The van der Waals surface area contributed by atoms with Crippen molar-refractivity contribution in [3.63, 3.8) is 0 Å². The molecule has 6 aromatic carbocycles. The Morgan fingerprint density at radius 2 is 0.851 bits per heavy atom. The molecule has 242 valence electrons. The molecule has 2 unspecified atom stereocenters. The fourth-order valence-corrected chi connectivity index (χ4v) is 8.09. The molecule has 0 spiro atoms. The van der Waals surface area contributed by atoms with Crippen LogP contribution in [0.2, 0.25) is 0 Å². The number of rotatable bonds is 7. The number of fused-ring (bicyclic) bond motifs is 2. The molecule has 4 N–H and O–H groups in total. The third-order valence-electron chi connectivity index (χ3n) is 8.15. The standard InChI is InChI=1S/C25H24OP2.C14H16N2.2ClH.Ru/c1-27(2)21-15-13-17-9-5-7-11-19(17)23(21)25(26)24-20-12-8-6-10-18(20)14-16-22(24)28(3)4;15-13(11-7-3-1-4-8-11)14(16)12-9-5-2-6-10-12;;;/h5-16H,1-4H3;1-10,13-14H,15-16H2;2*1H;/q;;;;+4. The van der Waals surface area contributed by atoms with Crippen LogP contribution in [-0.4, -0.2) is 32.4 Å². The van der Waals surface area contributed by atoms with Crippen molar-refractivity contribution in [2.75, 3.05) is 26.7 Å². The van der Waals surface area contributed by atoms with E-state index in [1.54, 1.807) is 0 Å². The zero-order chi connectivity index (χ0) is 33.9. The van der Waals surface area contributed by atoms with E-state index >= 15 is 0 Å². The molecule has 6 rings (SSSR count). The second kappa shape index (κ2) is 18.3. The topological polar surface area (TPSA) is 69.1 Å². The van der Waals surface area contributed by atoms with Crippen LogP contribution >= 0.6 is 35.2 Å². The van der Waals surface area contributed by atoms with E-state index in [0.717, 1.165) is 43.8 Å². The van der Waals surface area contributed by atoms with Crippen molar-refractivity contribution in [1.82, 2.24) is 0 Å². The van der Waals surface area contributed by atoms with Crippen LogP contribution in [0.15, 0.2) is 133 Å². The molecule has 47 heavy (non-hydrogen) atoms. The van der Waals surface area contributed by atoms with Crippen LogP contribution in [0.4, 0.5) is 0 Å². The molecule has 0 aliphatic heterocycles. The van der Waals surface area contributed by atoms with Gasteiger partial charge >= 0.3 is 34.5 Å². The van der Waals surface area contributed by atoms with Gasteiger partial charge in [0.25, 0.3) is 0 Å². The van der Waals surface area contributed by atoms with Gasteiger partial charge in [-0.05, 0) is 44.8 Å². The van der Waals surface area contributed by atoms with Gasteiger partial charge in [0.2, 0.25) is 5.78 Å². The molecule has 0 amide bonds. The monoisotopic (exact) mass is 788 g/mol. The van der Waals surface area contributed by atoms with Gasteiger partial charge in [-0.3, -0.25) is 4.79 Å². The summed E-state index contributed by atoms with van der Waals surface area (Å²) in [4.78, 5) is 14.2. The van der Waals surface area contributed by atoms with Crippen LogP contribution in [-0.2, 0) is 15.1 Å². The van der Waals surface area contributed by atoms with Crippen LogP contribution in [0.3, 0.4) is 0 Å². The van der Waals surface area contributed by atoms with Crippen LogP contribution in [0.1, 0.15) is 39.1 Å². The van der Waals surface area contributed by atoms with Crippen LogP contribution in [0.25, 0.3) is 21.5 Å². The average molecular weight is 789 g/mol. The van der Waals surface area contributed by atoms with E-state index in [4.69, 9.17) is 30.8 Å². The summed E-state index contributed by atoms with van der Waals surface area (Å²) >= 11 is -0.346. The normalized spacial score (nSPS) is 12.2. The minimum atomic E-state index is -0.782. The first kappa shape index (κ1) is 37.3. The number of hydrogen-bond acceptors (Lipinski definition) is 3. The van der Waals surface area contributed by atoms with Crippen LogP contribution < -0.4 is 22.1 Å². The van der Waals surface area contributed by atoms with Gasteiger partial charge in [0.15, 0.2) is 0 Å². The first-order valence-electron chi connectivity index (χ1n) is 15.3. The van der Waals surface area contributed by atoms with Crippen molar-refractivity contribution in [2.45, 2.75) is 12.1 Å². The van der Waals surface area contributed by atoms with E-state index in [1.807, 2.05) is 84.9 Å². The second-order valence-corrected chi connectivity index (χ2v) is 19.4. The molecule has 0 bridgehead atoms. The first-order chi connectivity index (χ1) is 22.7. The predicted octanol–water partition coefficient (Wildman–Crippen LogP) is 9.19. The first-order valence-corrected chi connectivity index (χ1v) is 24.8. The molecular formula is C39H42Cl2N2OP2Ru+4. The SMILES string of the molecule is C[PH+](C)c1ccc2ccccc2c1C(=O)c1c([PH+](C)C)ccc2ccccc12.NC(c1ccccc1)C(N)c1ccccc1.[Cl][Ru+2][Cl]. The summed E-state index contributed by atoms with van der Waals surface area (Å²) < 4.78 is 0. The van der Waals surface area contributed by atoms with Crippen LogP contribution in [0.5, 0.6) is 0 Å². The zero-order valence-corrected chi connectivity index (χ0v) is 32.3. The van der Waals surface area contributed by atoms with E-state index in [1.165, 1.54) is 10.6 Å². The Hall–Kier alpha value is -2.51. The zero-order valence-electron chi connectivity index (χ0n) is 27.0. The molecule has 0 aliphatic carbocycles. The van der Waals surface area contributed by atoms with E-state index in [-0.39, 0.29) is 33.0 Å². The maximum atomic E-state index is 14.2. The number of benzene rings is 6. The van der Waals surface area contributed by atoms with E-state index in [2.05, 4.69) is 75.2 Å². The van der Waals surface area contributed by atoms with Gasteiger partial charge in [-0.15, -0.1) is 0 Å². The number of halogens is 2. The van der Waals surface area contributed by atoms with Crippen molar-refractivity contribution in [3.8, 4) is 0 Å². The molecular weight excluding hydrogens is 746 g/mol. The number of ketones is 1. The molecule has 0 saturated carbocycles. The van der Waals surface area contributed by atoms with Gasteiger partial charge in [-0.1, -0.05) is 121 Å². The second-order valence-electron chi connectivity index (χ2n) is 11.7. The molecule has 6 aromatic rings. The number of nitrogens with two attached hydrogens (primary N) is 2. The van der Waals surface area contributed by atoms with Gasteiger partial charge in [0.1, 0.15) is 10.6 Å². The van der Waals surface area contributed by atoms with Gasteiger partial charge in [0.05, 0.1) is 37.8 Å². The molecule has 0 saturated heterocycles. The van der Waals surface area contributed by atoms with E-state index in [9.17, 15) is 4.79 Å². The Morgan fingerprint density at radius 3 is 1.19 bits per heavy atom. The van der Waals surface area contributed by atoms with E-state index in [0.29, 0.717) is 0 Å². The number of carbonyl (C=O) groups excluding carboxylic acids is 1. The van der Waals surface area contributed by atoms with Crippen molar-refractivity contribution in [2.24, 2.45) is 11.5 Å². The van der Waals surface area contributed by atoms with Crippen LogP contribution in [0, 0.1) is 0 Å². The Balaban J connectivity index is 0.000000223. The molecule has 0 aromatic heterocycles. The van der Waals surface area contributed by atoms with Gasteiger partial charge < -0.3 is 11.5 Å². The molecule has 2 atom stereocenters. The Morgan fingerprint density at radius 1 is 0.532 bits per heavy atom. The Kier molecular flexibility index (Phi) is 14.5.